The van der Waals surface area contributed by atoms with Crippen molar-refractivity contribution in [3.8, 4) is 17.0 Å². The topological polar surface area (TPSA) is 82.8 Å². The molecule has 0 unspecified atom stereocenters. The number of hydrogen-bond acceptors (Lipinski definition) is 5. The van der Waals surface area contributed by atoms with Gasteiger partial charge in [0.2, 0.25) is 0 Å². The van der Waals surface area contributed by atoms with Gasteiger partial charge in [-0.25, -0.2) is 4.98 Å². The van der Waals surface area contributed by atoms with E-state index in [0.29, 0.717) is 18.7 Å². The van der Waals surface area contributed by atoms with E-state index in [2.05, 4.69) is 45.4 Å². The Morgan fingerprint density at radius 1 is 1.12 bits per heavy atom. The van der Waals surface area contributed by atoms with E-state index in [-0.39, 0.29) is 17.7 Å². The fraction of sp³-hybridized carbons (Fsp3) is 0.240. The van der Waals surface area contributed by atoms with Gasteiger partial charge in [-0.05, 0) is 59.5 Å². The quantitative estimate of drug-likeness (QED) is 0.412. The van der Waals surface area contributed by atoms with E-state index in [4.69, 9.17) is 4.98 Å². The van der Waals surface area contributed by atoms with E-state index >= 15 is 0 Å². The zero-order valence-electron chi connectivity index (χ0n) is 18.2. The predicted molar refractivity (Wildman–Crippen MR) is 132 cm³/mol. The van der Waals surface area contributed by atoms with Crippen molar-refractivity contribution in [1.82, 2.24) is 19.5 Å². The monoisotopic (exact) mass is 505 g/mol. The number of phenols is 1. The van der Waals surface area contributed by atoms with Crippen LogP contribution in [0.25, 0.3) is 16.9 Å². The summed E-state index contributed by atoms with van der Waals surface area (Å²) in [6, 6.07) is 17.0. The molecule has 2 aromatic carbocycles. The molecule has 3 heterocycles. The third kappa shape index (κ3) is 4.30. The molecule has 8 heteroatoms. The first-order chi connectivity index (χ1) is 16.0. The van der Waals surface area contributed by atoms with Crippen molar-refractivity contribution in [2.75, 3.05) is 18.4 Å². The van der Waals surface area contributed by atoms with Crippen LogP contribution in [0.5, 0.6) is 5.75 Å². The highest BCUT2D eigenvalue weighted by Gasteiger charge is 2.25. The number of likely N-dealkylation sites (tertiary alicyclic amines) is 1. The highest BCUT2D eigenvalue weighted by Crippen LogP contribution is 2.29. The van der Waals surface area contributed by atoms with Crippen molar-refractivity contribution in [1.29, 1.82) is 0 Å². The van der Waals surface area contributed by atoms with Crippen molar-refractivity contribution in [2.24, 2.45) is 0 Å². The molecule has 1 aliphatic heterocycles. The second kappa shape index (κ2) is 8.86. The molecular formula is C25H24BrN5O2. The average Bonchev–Trinajstić information content (AvgIpc) is 3.20. The Hall–Kier alpha value is -3.39. The number of piperidine rings is 1. The number of rotatable bonds is 4. The van der Waals surface area contributed by atoms with Gasteiger partial charge in [0.15, 0.2) is 5.65 Å². The van der Waals surface area contributed by atoms with Crippen LogP contribution in [-0.2, 0) is 0 Å². The van der Waals surface area contributed by atoms with Gasteiger partial charge in [-0.1, -0.05) is 30.3 Å². The Balaban J connectivity index is 1.36. The zero-order chi connectivity index (χ0) is 22.9. The summed E-state index contributed by atoms with van der Waals surface area (Å²) in [7, 11) is 0. The van der Waals surface area contributed by atoms with Gasteiger partial charge in [0.05, 0.1) is 16.4 Å². The van der Waals surface area contributed by atoms with Gasteiger partial charge in [-0.15, -0.1) is 0 Å². The number of anilines is 1. The molecule has 0 bridgehead atoms. The Kier molecular flexibility index (Phi) is 5.76. The van der Waals surface area contributed by atoms with Gasteiger partial charge in [0, 0.05) is 36.3 Å². The largest absolute Gasteiger partial charge is 0.508 e. The van der Waals surface area contributed by atoms with Gasteiger partial charge >= 0.3 is 0 Å². The lowest BCUT2D eigenvalue weighted by Crippen LogP contribution is -2.42. The molecule has 2 aromatic heterocycles. The van der Waals surface area contributed by atoms with Crippen LogP contribution in [0.2, 0.25) is 0 Å². The van der Waals surface area contributed by atoms with Crippen LogP contribution >= 0.6 is 15.9 Å². The lowest BCUT2D eigenvalue weighted by Gasteiger charge is -2.33. The molecule has 4 aromatic rings. The first-order valence-electron chi connectivity index (χ1n) is 10.9. The van der Waals surface area contributed by atoms with E-state index in [0.717, 1.165) is 45.6 Å². The van der Waals surface area contributed by atoms with E-state index in [1.54, 1.807) is 24.4 Å². The summed E-state index contributed by atoms with van der Waals surface area (Å²) < 4.78 is 2.66. The number of benzene rings is 2. The van der Waals surface area contributed by atoms with Gasteiger partial charge in [0.25, 0.3) is 5.91 Å². The first-order valence-corrected chi connectivity index (χ1v) is 11.7. The maximum Gasteiger partial charge on any atom is 0.253 e. The van der Waals surface area contributed by atoms with Crippen LogP contribution in [0.4, 0.5) is 5.82 Å². The number of fused-ring (bicyclic) bond motifs is 1. The summed E-state index contributed by atoms with van der Waals surface area (Å²) in [5.41, 5.74) is 4.41. The predicted octanol–water partition coefficient (Wildman–Crippen LogP) is 4.89. The number of carbonyl (C=O) groups is 1. The maximum absolute atomic E-state index is 12.8. The lowest BCUT2D eigenvalue weighted by atomic mass is 10.0. The molecule has 168 valence electrons. The van der Waals surface area contributed by atoms with Crippen LogP contribution in [0.15, 0.2) is 65.3 Å². The van der Waals surface area contributed by atoms with Crippen molar-refractivity contribution in [3.63, 3.8) is 0 Å². The van der Waals surface area contributed by atoms with E-state index in [1.165, 1.54) is 6.07 Å². The highest BCUT2D eigenvalue weighted by atomic mass is 79.9. The van der Waals surface area contributed by atoms with Gasteiger partial charge in [-0.3, -0.25) is 4.79 Å². The third-order valence-electron chi connectivity index (χ3n) is 6.08. The second-order valence-electron chi connectivity index (χ2n) is 8.33. The van der Waals surface area contributed by atoms with E-state index in [1.807, 2.05) is 27.6 Å². The van der Waals surface area contributed by atoms with Crippen molar-refractivity contribution >= 4 is 33.3 Å². The molecule has 0 aliphatic carbocycles. The number of aryl methyl sites for hydroxylation is 1. The molecule has 1 fully saturated rings. The molecule has 0 radical (unpaired) electrons. The Bertz CT molecular complexity index is 1330. The summed E-state index contributed by atoms with van der Waals surface area (Å²) in [5.74, 6) is 0.934. The maximum atomic E-state index is 12.8. The SMILES string of the molecule is Cc1ccccc1-c1cc(NC2CCN(C(=O)c3cccc(O)c3)CC2)n2ncc(Br)c2n1. The van der Waals surface area contributed by atoms with Gasteiger partial charge in [0.1, 0.15) is 11.6 Å². The number of hydrogen-bond donors (Lipinski definition) is 2. The number of halogens is 1. The minimum absolute atomic E-state index is 0.0477. The normalized spacial score (nSPS) is 14.5. The van der Waals surface area contributed by atoms with Crippen molar-refractivity contribution in [3.05, 3.63) is 76.4 Å². The summed E-state index contributed by atoms with van der Waals surface area (Å²) in [6.07, 6.45) is 3.39. The number of amides is 1. The molecule has 5 rings (SSSR count). The first kappa shape index (κ1) is 21.5. The Morgan fingerprint density at radius 2 is 1.91 bits per heavy atom. The Labute approximate surface area is 200 Å². The molecule has 0 spiro atoms. The number of carbonyl (C=O) groups excluding carboxylic acids is 1. The average molecular weight is 506 g/mol. The third-order valence-corrected chi connectivity index (χ3v) is 6.64. The number of nitrogens with one attached hydrogen (secondary N) is 1. The number of aromatic nitrogens is 3. The standard InChI is InChI=1S/C25H24BrN5O2/c1-16-5-2-3-8-20(16)22-14-23(31-24(29-22)21(26)15-27-31)28-18-9-11-30(12-10-18)25(33)17-6-4-7-19(32)13-17/h2-8,13-15,18,28,32H,9-12H2,1H3. The fourth-order valence-corrected chi connectivity index (χ4v) is 4.64. The van der Waals surface area contributed by atoms with Crippen LogP contribution in [0.3, 0.4) is 0 Å². The molecular weight excluding hydrogens is 482 g/mol. The van der Waals surface area contributed by atoms with Crippen LogP contribution in [0, 0.1) is 6.92 Å². The van der Waals surface area contributed by atoms with Gasteiger partial charge < -0.3 is 15.3 Å². The highest BCUT2D eigenvalue weighted by molar-refractivity contribution is 9.10. The van der Waals surface area contributed by atoms with Crippen LogP contribution in [-0.4, -0.2) is 49.6 Å². The second-order valence-corrected chi connectivity index (χ2v) is 9.18. The lowest BCUT2D eigenvalue weighted by molar-refractivity contribution is 0.0718. The smallest absolute Gasteiger partial charge is 0.253 e. The number of phenolic OH excluding ortho intramolecular Hbond substituents is 1. The zero-order valence-corrected chi connectivity index (χ0v) is 19.8. The molecule has 7 nitrogen and oxygen atoms in total. The molecule has 33 heavy (non-hydrogen) atoms. The molecule has 1 amide bonds. The molecule has 2 N–H and O–H groups in total. The van der Waals surface area contributed by atoms with Crippen LogP contribution < -0.4 is 5.32 Å². The number of aromatic hydroxyl groups is 1. The summed E-state index contributed by atoms with van der Waals surface area (Å²) in [5, 5.41) is 17.8. The number of nitrogens with zero attached hydrogens (tertiary/aromatic N) is 4. The molecule has 1 aliphatic rings. The molecule has 0 atom stereocenters. The van der Waals surface area contributed by atoms with E-state index < -0.39 is 0 Å². The van der Waals surface area contributed by atoms with E-state index in [9.17, 15) is 9.90 Å². The van der Waals surface area contributed by atoms with Crippen LogP contribution in [0.1, 0.15) is 28.8 Å². The molecule has 1 saturated heterocycles. The minimum Gasteiger partial charge on any atom is -0.508 e. The fourth-order valence-electron chi connectivity index (χ4n) is 4.29. The summed E-state index contributed by atoms with van der Waals surface area (Å²) in [6.45, 7) is 3.38. The Morgan fingerprint density at radius 3 is 2.67 bits per heavy atom. The van der Waals surface area contributed by atoms with Crippen molar-refractivity contribution < 1.29 is 9.90 Å². The summed E-state index contributed by atoms with van der Waals surface area (Å²) >= 11 is 3.57. The minimum atomic E-state index is -0.0477. The molecule has 0 saturated carbocycles. The van der Waals surface area contributed by atoms with Gasteiger partial charge in [-0.2, -0.15) is 9.61 Å². The van der Waals surface area contributed by atoms with Crippen molar-refractivity contribution in [2.45, 2.75) is 25.8 Å². The summed E-state index contributed by atoms with van der Waals surface area (Å²) in [4.78, 5) is 19.5.